The summed E-state index contributed by atoms with van der Waals surface area (Å²) < 4.78 is 12.1. The molecular weight excluding hydrogens is 348 g/mol. The number of aliphatic hydroxyl groups excluding tert-OH is 1. The van der Waals surface area contributed by atoms with Gasteiger partial charge in [0, 0.05) is 5.56 Å². The zero-order chi connectivity index (χ0) is 19.2. The van der Waals surface area contributed by atoms with E-state index in [0.29, 0.717) is 17.2 Å². The zero-order valence-corrected chi connectivity index (χ0v) is 14.8. The Labute approximate surface area is 156 Å². The van der Waals surface area contributed by atoms with E-state index in [1.807, 2.05) is 36.4 Å². The first kappa shape index (κ1) is 18.5. The van der Waals surface area contributed by atoms with Crippen LogP contribution in [0.3, 0.4) is 0 Å². The first-order chi connectivity index (χ1) is 13.1. The zero-order valence-electron chi connectivity index (χ0n) is 14.8. The van der Waals surface area contributed by atoms with Crippen molar-refractivity contribution in [2.24, 2.45) is 0 Å². The van der Waals surface area contributed by atoms with Crippen LogP contribution in [0.25, 0.3) is 11.3 Å². The summed E-state index contributed by atoms with van der Waals surface area (Å²) in [6.07, 6.45) is -0.948. The van der Waals surface area contributed by atoms with E-state index in [0.717, 1.165) is 5.56 Å². The molecule has 1 atom stereocenters. The summed E-state index contributed by atoms with van der Waals surface area (Å²) in [5, 5.41) is 24.0. The van der Waals surface area contributed by atoms with Crippen molar-refractivity contribution in [1.29, 1.82) is 0 Å². The van der Waals surface area contributed by atoms with Crippen molar-refractivity contribution < 1.29 is 24.5 Å². The number of nitrogens with zero attached hydrogens (tertiary/aromatic N) is 2. The Bertz CT molecular complexity index is 908. The van der Waals surface area contributed by atoms with Gasteiger partial charge in [-0.05, 0) is 18.2 Å². The summed E-state index contributed by atoms with van der Waals surface area (Å²) in [5.74, 6) is -0.0492. The average molecular weight is 368 g/mol. The molecule has 140 valence electrons. The topological polar surface area (TPSA) is 93.8 Å². The SMILES string of the molecule is COc1ccccc1OCC(O)Cn1nc(-c2ccccc2)cc1C(=O)O. The van der Waals surface area contributed by atoms with Gasteiger partial charge < -0.3 is 19.7 Å². The van der Waals surface area contributed by atoms with Gasteiger partial charge in [-0.15, -0.1) is 0 Å². The molecule has 0 aliphatic rings. The Morgan fingerprint density at radius 2 is 1.78 bits per heavy atom. The van der Waals surface area contributed by atoms with E-state index in [-0.39, 0.29) is 18.8 Å². The molecule has 0 saturated carbocycles. The van der Waals surface area contributed by atoms with E-state index >= 15 is 0 Å². The Balaban J connectivity index is 1.72. The van der Waals surface area contributed by atoms with Gasteiger partial charge in [0.15, 0.2) is 11.5 Å². The highest BCUT2D eigenvalue weighted by Crippen LogP contribution is 2.26. The molecule has 0 saturated heterocycles. The van der Waals surface area contributed by atoms with Crippen molar-refractivity contribution in [2.45, 2.75) is 12.6 Å². The minimum atomic E-state index is -1.11. The highest BCUT2D eigenvalue weighted by Gasteiger charge is 2.18. The number of carbonyl (C=O) groups is 1. The van der Waals surface area contributed by atoms with E-state index in [1.165, 1.54) is 17.9 Å². The highest BCUT2D eigenvalue weighted by molar-refractivity contribution is 5.87. The molecule has 1 heterocycles. The maximum Gasteiger partial charge on any atom is 0.354 e. The molecule has 2 aromatic carbocycles. The van der Waals surface area contributed by atoms with Gasteiger partial charge in [0.1, 0.15) is 18.4 Å². The Kier molecular flexibility index (Phi) is 5.73. The van der Waals surface area contributed by atoms with Gasteiger partial charge in [0.05, 0.1) is 19.3 Å². The number of hydrogen-bond acceptors (Lipinski definition) is 5. The van der Waals surface area contributed by atoms with Gasteiger partial charge in [-0.25, -0.2) is 4.79 Å². The van der Waals surface area contributed by atoms with Gasteiger partial charge >= 0.3 is 5.97 Å². The maximum absolute atomic E-state index is 11.5. The van der Waals surface area contributed by atoms with Crippen LogP contribution in [0.1, 0.15) is 10.5 Å². The first-order valence-corrected chi connectivity index (χ1v) is 8.39. The lowest BCUT2D eigenvalue weighted by Crippen LogP contribution is -2.26. The number of carboxylic acid groups (broad SMARTS) is 1. The molecular formula is C20H20N2O5. The van der Waals surface area contributed by atoms with Crippen LogP contribution < -0.4 is 9.47 Å². The summed E-state index contributed by atoms with van der Waals surface area (Å²) in [6, 6.07) is 17.9. The molecule has 0 spiro atoms. The number of aromatic carboxylic acids is 1. The summed E-state index contributed by atoms with van der Waals surface area (Å²) >= 11 is 0. The van der Waals surface area contributed by atoms with E-state index in [4.69, 9.17) is 9.47 Å². The third kappa shape index (κ3) is 4.45. The van der Waals surface area contributed by atoms with Crippen molar-refractivity contribution in [3.63, 3.8) is 0 Å². The van der Waals surface area contributed by atoms with Crippen LogP contribution >= 0.6 is 0 Å². The number of rotatable bonds is 8. The number of aromatic nitrogens is 2. The van der Waals surface area contributed by atoms with Crippen LogP contribution in [-0.4, -0.2) is 45.8 Å². The fourth-order valence-corrected chi connectivity index (χ4v) is 2.65. The lowest BCUT2D eigenvalue weighted by Gasteiger charge is -2.15. The standard InChI is InChI=1S/C20H20N2O5/c1-26-18-9-5-6-10-19(18)27-13-15(23)12-22-17(20(24)25)11-16(21-22)14-7-3-2-4-8-14/h2-11,15,23H,12-13H2,1H3,(H,24,25). The van der Waals surface area contributed by atoms with Crippen molar-refractivity contribution in [3.8, 4) is 22.8 Å². The van der Waals surface area contributed by atoms with Gasteiger partial charge in [0.2, 0.25) is 0 Å². The number of hydrogen-bond donors (Lipinski definition) is 2. The molecule has 0 bridgehead atoms. The van der Waals surface area contributed by atoms with Crippen LogP contribution in [0.5, 0.6) is 11.5 Å². The van der Waals surface area contributed by atoms with Gasteiger partial charge in [0.25, 0.3) is 0 Å². The number of carboxylic acids is 1. The van der Waals surface area contributed by atoms with Gasteiger partial charge in [-0.1, -0.05) is 42.5 Å². The van der Waals surface area contributed by atoms with Crippen molar-refractivity contribution in [2.75, 3.05) is 13.7 Å². The van der Waals surface area contributed by atoms with Crippen LogP contribution in [0, 0.1) is 0 Å². The molecule has 0 aliphatic heterocycles. The summed E-state index contributed by atoms with van der Waals surface area (Å²) in [6.45, 7) is -0.0381. The minimum absolute atomic E-state index is 0.00481. The van der Waals surface area contributed by atoms with E-state index < -0.39 is 12.1 Å². The molecule has 1 aromatic heterocycles. The molecule has 3 rings (SSSR count). The highest BCUT2D eigenvalue weighted by atomic mass is 16.5. The van der Waals surface area contributed by atoms with Crippen molar-refractivity contribution in [3.05, 3.63) is 66.4 Å². The fourth-order valence-electron chi connectivity index (χ4n) is 2.65. The molecule has 7 nitrogen and oxygen atoms in total. The van der Waals surface area contributed by atoms with E-state index in [2.05, 4.69) is 5.10 Å². The summed E-state index contributed by atoms with van der Waals surface area (Å²) in [7, 11) is 1.53. The largest absolute Gasteiger partial charge is 0.493 e. The van der Waals surface area contributed by atoms with E-state index in [1.54, 1.807) is 18.2 Å². The average Bonchev–Trinajstić information content (AvgIpc) is 3.11. The molecule has 0 aliphatic carbocycles. The van der Waals surface area contributed by atoms with Crippen molar-refractivity contribution in [1.82, 2.24) is 9.78 Å². The normalized spacial score (nSPS) is 11.8. The predicted molar refractivity (Wildman–Crippen MR) is 99.1 cm³/mol. The number of benzene rings is 2. The maximum atomic E-state index is 11.5. The predicted octanol–water partition coefficient (Wildman–Crippen LogP) is 2.70. The Hall–Kier alpha value is -3.32. The molecule has 1 unspecified atom stereocenters. The summed E-state index contributed by atoms with van der Waals surface area (Å²) in [5.41, 5.74) is 1.34. The second-order valence-electron chi connectivity index (χ2n) is 5.88. The fraction of sp³-hybridized carbons (Fsp3) is 0.200. The van der Waals surface area contributed by atoms with E-state index in [9.17, 15) is 15.0 Å². The molecule has 3 aromatic rings. The molecule has 0 fully saturated rings. The van der Waals surface area contributed by atoms with Crippen LogP contribution in [0.15, 0.2) is 60.7 Å². The third-order valence-electron chi connectivity index (χ3n) is 3.95. The molecule has 2 N–H and O–H groups in total. The monoisotopic (exact) mass is 368 g/mol. The lowest BCUT2D eigenvalue weighted by atomic mass is 10.1. The lowest BCUT2D eigenvalue weighted by molar-refractivity contribution is 0.0658. The second kappa shape index (κ2) is 8.37. The molecule has 27 heavy (non-hydrogen) atoms. The Morgan fingerprint density at radius 1 is 1.11 bits per heavy atom. The first-order valence-electron chi connectivity index (χ1n) is 8.39. The Morgan fingerprint density at radius 3 is 2.44 bits per heavy atom. The van der Waals surface area contributed by atoms with Gasteiger partial charge in [-0.3, -0.25) is 4.68 Å². The van der Waals surface area contributed by atoms with Crippen LogP contribution in [-0.2, 0) is 6.54 Å². The minimum Gasteiger partial charge on any atom is -0.493 e. The number of ether oxygens (including phenoxy) is 2. The quantitative estimate of drug-likeness (QED) is 0.635. The smallest absolute Gasteiger partial charge is 0.354 e. The second-order valence-corrected chi connectivity index (χ2v) is 5.88. The molecule has 0 radical (unpaired) electrons. The number of methoxy groups -OCH3 is 1. The van der Waals surface area contributed by atoms with Crippen molar-refractivity contribution >= 4 is 5.97 Å². The molecule has 0 amide bonds. The number of aliphatic hydroxyl groups is 1. The van der Waals surface area contributed by atoms with Gasteiger partial charge in [-0.2, -0.15) is 5.10 Å². The molecule has 7 heteroatoms. The third-order valence-corrected chi connectivity index (χ3v) is 3.95. The number of para-hydroxylation sites is 2. The summed E-state index contributed by atoms with van der Waals surface area (Å²) in [4.78, 5) is 11.5. The van der Waals surface area contributed by atoms with Crippen LogP contribution in [0.2, 0.25) is 0 Å². The van der Waals surface area contributed by atoms with Crippen LogP contribution in [0.4, 0.5) is 0 Å².